The molecule has 0 heterocycles. The summed E-state index contributed by atoms with van der Waals surface area (Å²) < 4.78 is 111. The molecule has 0 aromatic heterocycles. The minimum absolute atomic E-state index is 0.211. The third-order valence-corrected chi connectivity index (χ3v) is 1.82. The van der Waals surface area contributed by atoms with Gasteiger partial charge in [-0.15, -0.1) is 0 Å². The van der Waals surface area contributed by atoms with Crippen LogP contribution in [-0.2, 0) is 14.3 Å². The molecule has 0 aliphatic rings. The van der Waals surface area contributed by atoms with E-state index in [4.69, 9.17) is 0 Å². The monoisotopic (exact) mass is 361 g/mol. The molecule has 0 saturated carbocycles. The summed E-state index contributed by atoms with van der Waals surface area (Å²) in [6.07, 6.45) is -15.4. The van der Waals surface area contributed by atoms with E-state index >= 15 is 0 Å². The first kappa shape index (κ1) is 21.0. The van der Waals surface area contributed by atoms with Gasteiger partial charge in [0.2, 0.25) is 0 Å². The van der Waals surface area contributed by atoms with E-state index in [1.165, 1.54) is 0 Å². The van der Waals surface area contributed by atoms with Gasteiger partial charge in [-0.3, -0.25) is 4.79 Å². The smallest absolute Gasteiger partial charge is 0.409 e. The van der Waals surface area contributed by atoms with Crippen LogP contribution in [0, 0.1) is 0 Å². The second-order valence-corrected chi connectivity index (χ2v) is 3.93. The van der Waals surface area contributed by atoms with E-state index in [2.05, 4.69) is 4.74 Å². The maximum Gasteiger partial charge on any atom is 0.409 e. The number of carbonyl (C=O) groups excluding carboxylic acids is 2. The van der Waals surface area contributed by atoms with Gasteiger partial charge in [0.15, 0.2) is 0 Å². The Hall–Kier alpha value is -1.95. The second-order valence-electron chi connectivity index (χ2n) is 3.93. The number of hydrogen-bond acceptors (Lipinski definition) is 3. The Labute approximate surface area is 122 Å². The predicted octanol–water partition coefficient (Wildman–Crippen LogP) is 2.60. The zero-order chi connectivity index (χ0) is 18.5. The van der Waals surface area contributed by atoms with Crippen LogP contribution < -0.4 is 0 Å². The minimum Gasteiger partial charge on any atom is -0.454 e. The van der Waals surface area contributed by atoms with Crippen LogP contribution in [-0.4, -0.2) is 55.0 Å². The van der Waals surface area contributed by atoms with E-state index in [0.29, 0.717) is 0 Å². The fraction of sp³-hybridized carbons (Fsp3) is 0.600. The topological polar surface area (TPSA) is 46.6 Å². The molecule has 0 aliphatic heterocycles. The molecule has 23 heavy (non-hydrogen) atoms. The molecule has 0 unspecified atom stereocenters. The molecule has 0 atom stereocenters. The van der Waals surface area contributed by atoms with E-state index < -0.39 is 61.1 Å². The van der Waals surface area contributed by atoms with Gasteiger partial charge in [0.25, 0.3) is 0 Å². The summed E-state index contributed by atoms with van der Waals surface area (Å²) in [6, 6.07) is 0. The van der Waals surface area contributed by atoms with Gasteiger partial charge in [0, 0.05) is 6.08 Å². The Bertz CT molecular complexity index is 434. The molecular formula is C10H8F9NO3. The highest BCUT2D eigenvalue weighted by Crippen LogP contribution is 2.22. The predicted molar refractivity (Wildman–Crippen MR) is 54.8 cm³/mol. The van der Waals surface area contributed by atoms with Crippen molar-refractivity contribution >= 4 is 11.9 Å². The van der Waals surface area contributed by atoms with Gasteiger partial charge in [0.1, 0.15) is 19.7 Å². The molecule has 13 heteroatoms. The standard InChI is InChI=1S/C10H8F9NO3/c11-8(12,13)2-1-3-23-7(22)6(21)20(4-9(14,15)16)5-10(17,18)19/h1-2H,3-5H2/b2-1+. The fourth-order valence-corrected chi connectivity index (χ4v) is 1.13. The normalized spacial score (nSPS) is 13.3. The van der Waals surface area contributed by atoms with Crippen molar-refractivity contribution in [2.24, 2.45) is 0 Å². The maximum absolute atomic E-state index is 12.1. The first-order valence-electron chi connectivity index (χ1n) is 5.45. The number of nitrogens with zero attached hydrogens (tertiary/aromatic N) is 1. The number of halogens is 9. The maximum atomic E-state index is 12.1. The molecule has 4 nitrogen and oxygen atoms in total. The van der Waals surface area contributed by atoms with Crippen molar-refractivity contribution in [1.82, 2.24) is 4.90 Å². The lowest BCUT2D eigenvalue weighted by molar-refractivity contribution is -0.191. The molecule has 0 fully saturated rings. The summed E-state index contributed by atoms with van der Waals surface area (Å²) in [5.74, 6) is -4.43. The quantitative estimate of drug-likeness (QED) is 0.335. The lowest BCUT2D eigenvalue weighted by Crippen LogP contribution is -2.47. The van der Waals surface area contributed by atoms with Crippen LogP contribution in [0.5, 0.6) is 0 Å². The Kier molecular flexibility index (Phi) is 6.91. The Morgan fingerprint density at radius 2 is 1.30 bits per heavy atom. The first-order chi connectivity index (χ1) is 10.1. The third-order valence-electron chi connectivity index (χ3n) is 1.82. The molecule has 1 amide bonds. The Morgan fingerprint density at radius 3 is 1.65 bits per heavy atom. The molecule has 0 aromatic rings. The van der Waals surface area contributed by atoms with E-state index in [9.17, 15) is 49.1 Å². The highest BCUT2D eigenvalue weighted by Gasteiger charge is 2.41. The molecule has 0 aliphatic carbocycles. The minimum atomic E-state index is -5.22. The van der Waals surface area contributed by atoms with Gasteiger partial charge < -0.3 is 9.64 Å². The molecule has 0 bridgehead atoms. The lowest BCUT2D eigenvalue weighted by atomic mass is 10.4. The van der Waals surface area contributed by atoms with Crippen molar-refractivity contribution in [3.8, 4) is 0 Å². The fourth-order valence-electron chi connectivity index (χ4n) is 1.13. The van der Waals surface area contributed by atoms with Crippen molar-refractivity contribution in [2.75, 3.05) is 19.7 Å². The van der Waals surface area contributed by atoms with Crippen molar-refractivity contribution in [3.63, 3.8) is 0 Å². The number of alkyl halides is 9. The van der Waals surface area contributed by atoms with Gasteiger partial charge in [0.05, 0.1) is 0 Å². The summed E-state index contributed by atoms with van der Waals surface area (Å²) in [4.78, 5) is 21.3. The number of hydrogen-bond donors (Lipinski definition) is 0. The molecular weight excluding hydrogens is 353 g/mol. The van der Waals surface area contributed by atoms with Crippen LogP contribution in [0.3, 0.4) is 0 Å². The lowest BCUT2D eigenvalue weighted by Gasteiger charge is -2.23. The van der Waals surface area contributed by atoms with E-state index in [-0.39, 0.29) is 6.08 Å². The van der Waals surface area contributed by atoms with Gasteiger partial charge in [-0.05, 0) is 6.08 Å². The van der Waals surface area contributed by atoms with Crippen LogP contribution in [0.4, 0.5) is 39.5 Å². The highest BCUT2D eigenvalue weighted by atomic mass is 19.4. The van der Waals surface area contributed by atoms with Crippen molar-refractivity contribution in [2.45, 2.75) is 18.5 Å². The number of amides is 1. The summed E-state index contributed by atoms with van der Waals surface area (Å²) in [7, 11) is 0. The van der Waals surface area contributed by atoms with Crippen LogP contribution in [0.2, 0.25) is 0 Å². The molecule has 0 spiro atoms. The molecule has 0 N–H and O–H groups in total. The summed E-state index contributed by atoms with van der Waals surface area (Å²) in [6.45, 7) is -5.91. The highest BCUT2D eigenvalue weighted by molar-refractivity contribution is 6.32. The van der Waals surface area contributed by atoms with Gasteiger partial charge in [-0.1, -0.05) is 0 Å². The van der Waals surface area contributed by atoms with Crippen LogP contribution in [0.25, 0.3) is 0 Å². The van der Waals surface area contributed by atoms with E-state index in [1.54, 1.807) is 0 Å². The second kappa shape index (κ2) is 7.55. The molecule has 0 rings (SSSR count). The summed E-state index contributed by atoms with van der Waals surface area (Å²) >= 11 is 0. The molecule has 134 valence electrons. The van der Waals surface area contributed by atoms with Crippen molar-refractivity contribution in [1.29, 1.82) is 0 Å². The molecule has 0 saturated heterocycles. The van der Waals surface area contributed by atoms with E-state index in [1.807, 2.05) is 0 Å². The van der Waals surface area contributed by atoms with Crippen LogP contribution in [0.1, 0.15) is 0 Å². The van der Waals surface area contributed by atoms with E-state index in [0.717, 1.165) is 0 Å². The Balaban J connectivity index is 4.80. The molecule has 0 aromatic carbocycles. The number of esters is 1. The average molecular weight is 361 g/mol. The third kappa shape index (κ3) is 11.3. The SMILES string of the molecule is O=C(OC/C=C/C(F)(F)F)C(=O)N(CC(F)(F)F)CC(F)(F)F. The largest absolute Gasteiger partial charge is 0.454 e. The van der Waals surface area contributed by atoms with Gasteiger partial charge in [-0.2, -0.15) is 39.5 Å². The Morgan fingerprint density at radius 1 is 0.870 bits per heavy atom. The van der Waals surface area contributed by atoms with Crippen LogP contribution >= 0.6 is 0 Å². The van der Waals surface area contributed by atoms with Gasteiger partial charge in [-0.25, -0.2) is 4.79 Å². The molecule has 0 radical (unpaired) electrons. The van der Waals surface area contributed by atoms with Gasteiger partial charge >= 0.3 is 30.4 Å². The zero-order valence-corrected chi connectivity index (χ0v) is 10.8. The van der Waals surface area contributed by atoms with Crippen LogP contribution in [0.15, 0.2) is 12.2 Å². The number of rotatable bonds is 4. The van der Waals surface area contributed by atoms with Crippen molar-refractivity contribution in [3.05, 3.63) is 12.2 Å². The number of ether oxygens (including phenoxy) is 1. The van der Waals surface area contributed by atoms with Crippen molar-refractivity contribution < 1.29 is 53.8 Å². The number of carbonyl (C=O) groups is 2. The average Bonchev–Trinajstić information content (AvgIpc) is 2.27. The zero-order valence-electron chi connectivity index (χ0n) is 10.8. The summed E-state index contributed by atoms with van der Waals surface area (Å²) in [5.41, 5.74) is 0. The first-order valence-corrected chi connectivity index (χ1v) is 5.45. The number of allylic oxidation sites excluding steroid dienone is 1. The summed E-state index contributed by atoms with van der Waals surface area (Å²) in [5, 5.41) is 0.